The molecule has 1 aliphatic carbocycles. The molecule has 7 heteroatoms. The fraction of sp³-hybridized carbons (Fsp3) is 0.300. The second kappa shape index (κ2) is 5.99. The second-order valence-corrected chi connectivity index (χ2v) is 7.45. The Hall–Kier alpha value is -3.06. The first-order valence-corrected chi connectivity index (χ1v) is 8.84. The normalized spacial score (nSPS) is 16.5. The van der Waals surface area contributed by atoms with Crippen molar-refractivity contribution in [3.63, 3.8) is 0 Å². The zero-order valence-corrected chi connectivity index (χ0v) is 15.3. The Morgan fingerprint density at radius 2 is 1.89 bits per heavy atom. The number of benzene rings is 1. The van der Waals surface area contributed by atoms with Crippen LogP contribution in [-0.2, 0) is 15.8 Å². The molecule has 138 valence electrons. The number of hydrogen-bond donors (Lipinski definition) is 2. The molecule has 2 heterocycles. The quantitative estimate of drug-likeness (QED) is 0.544. The molecule has 4 rings (SSSR count). The Morgan fingerprint density at radius 3 is 2.52 bits per heavy atom. The highest BCUT2D eigenvalue weighted by molar-refractivity contribution is 6.07. The van der Waals surface area contributed by atoms with Crippen LogP contribution < -0.4 is 5.73 Å². The number of nitrogens with zero attached hydrogens (tertiary/aromatic N) is 4. The average Bonchev–Trinajstić information content (AvgIpc) is 3.34. The van der Waals surface area contributed by atoms with E-state index in [0.717, 1.165) is 0 Å². The summed E-state index contributed by atoms with van der Waals surface area (Å²) in [6.07, 6.45) is 3.09. The summed E-state index contributed by atoms with van der Waals surface area (Å²) in [6, 6.07) is 12.8. The first-order valence-electron chi connectivity index (χ1n) is 8.84. The van der Waals surface area contributed by atoms with Gasteiger partial charge in [-0.3, -0.25) is 9.20 Å². The van der Waals surface area contributed by atoms with Gasteiger partial charge in [0.15, 0.2) is 11.5 Å². The molecule has 27 heavy (non-hydrogen) atoms. The molecule has 1 fully saturated rings. The van der Waals surface area contributed by atoms with E-state index in [1.807, 2.05) is 36.4 Å². The van der Waals surface area contributed by atoms with Crippen LogP contribution in [0.2, 0.25) is 0 Å². The molecule has 3 N–H and O–H groups in total. The van der Waals surface area contributed by atoms with E-state index in [4.69, 9.17) is 5.73 Å². The number of pyridine rings is 1. The molecule has 0 saturated heterocycles. The van der Waals surface area contributed by atoms with Gasteiger partial charge in [0.2, 0.25) is 0 Å². The lowest BCUT2D eigenvalue weighted by Gasteiger charge is -2.18. The molecule has 0 radical (unpaired) electrons. The number of aliphatic imine (C=N–C) groups is 1. The lowest BCUT2D eigenvalue weighted by atomic mass is 9.99. The molecule has 1 aliphatic rings. The van der Waals surface area contributed by atoms with E-state index in [1.54, 1.807) is 30.5 Å². The average molecular weight is 363 g/mol. The Balaban J connectivity index is 1.74. The van der Waals surface area contributed by atoms with Crippen LogP contribution in [0.25, 0.3) is 5.65 Å². The standard InChI is InChI=1S/C20H21N5O2/c1-19(2,27)14-9-6-12-25-16(14)23-24-17(25)20(10-11-20)18(26)22-15(21)13-7-4-3-5-8-13/h3-9,12,27H,10-11H2,1-2H3,(H2,21,22,26). The van der Waals surface area contributed by atoms with Gasteiger partial charge >= 0.3 is 0 Å². The minimum absolute atomic E-state index is 0.192. The Bertz CT molecular complexity index is 1040. The van der Waals surface area contributed by atoms with Crippen LogP contribution >= 0.6 is 0 Å². The molecule has 1 saturated carbocycles. The number of nitrogens with two attached hydrogens (primary N) is 1. The van der Waals surface area contributed by atoms with E-state index in [1.165, 1.54) is 0 Å². The number of amidine groups is 1. The molecule has 0 aliphatic heterocycles. The summed E-state index contributed by atoms with van der Waals surface area (Å²) >= 11 is 0. The van der Waals surface area contributed by atoms with Gasteiger partial charge in [0, 0.05) is 17.3 Å². The summed E-state index contributed by atoms with van der Waals surface area (Å²) in [7, 11) is 0. The van der Waals surface area contributed by atoms with Crippen LogP contribution in [0.15, 0.2) is 53.7 Å². The molecule has 0 atom stereocenters. The summed E-state index contributed by atoms with van der Waals surface area (Å²) in [5.74, 6) is 0.419. The Morgan fingerprint density at radius 1 is 1.19 bits per heavy atom. The van der Waals surface area contributed by atoms with E-state index >= 15 is 0 Å². The first kappa shape index (κ1) is 17.4. The number of aromatic nitrogens is 3. The van der Waals surface area contributed by atoms with Crippen LogP contribution in [-0.4, -0.2) is 31.4 Å². The summed E-state index contributed by atoms with van der Waals surface area (Å²) in [5.41, 5.74) is 6.04. The SMILES string of the molecule is CC(C)(O)c1cccn2c(C3(C(=O)N=C(N)c4ccccc4)CC3)nnc12. The predicted octanol–water partition coefficient (Wildman–Crippen LogP) is 1.92. The van der Waals surface area contributed by atoms with Crippen LogP contribution in [0.4, 0.5) is 0 Å². The smallest absolute Gasteiger partial charge is 0.261 e. The molecular formula is C20H21N5O2. The maximum Gasteiger partial charge on any atom is 0.261 e. The van der Waals surface area contributed by atoms with Crippen molar-refractivity contribution in [2.45, 2.75) is 37.7 Å². The largest absolute Gasteiger partial charge is 0.386 e. The topological polar surface area (TPSA) is 106 Å². The van der Waals surface area contributed by atoms with Crippen molar-refractivity contribution in [1.29, 1.82) is 0 Å². The third-order valence-electron chi connectivity index (χ3n) is 4.97. The zero-order chi connectivity index (χ0) is 19.2. The van der Waals surface area contributed by atoms with Crippen molar-refractivity contribution in [3.8, 4) is 0 Å². The molecule has 0 unspecified atom stereocenters. The van der Waals surface area contributed by atoms with Crippen molar-refractivity contribution in [3.05, 3.63) is 65.6 Å². The van der Waals surface area contributed by atoms with Gasteiger partial charge in [0.25, 0.3) is 5.91 Å². The highest BCUT2D eigenvalue weighted by atomic mass is 16.3. The maximum absolute atomic E-state index is 12.9. The van der Waals surface area contributed by atoms with Gasteiger partial charge in [-0.15, -0.1) is 10.2 Å². The van der Waals surface area contributed by atoms with Crippen LogP contribution in [0.5, 0.6) is 0 Å². The Kier molecular flexibility index (Phi) is 3.85. The van der Waals surface area contributed by atoms with E-state index < -0.39 is 11.0 Å². The first-order chi connectivity index (χ1) is 12.8. The van der Waals surface area contributed by atoms with E-state index in [-0.39, 0.29) is 11.7 Å². The van der Waals surface area contributed by atoms with Crippen molar-refractivity contribution in [2.24, 2.45) is 10.7 Å². The minimum atomic E-state index is -1.07. The molecule has 1 aromatic carbocycles. The van der Waals surface area contributed by atoms with Gasteiger partial charge in [-0.05, 0) is 32.8 Å². The molecule has 2 aromatic heterocycles. The third kappa shape index (κ3) is 2.90. The summed E-state index contributed by atoms with van der Waals surface area (Å²) < 4.78 is 1.77. The van der Waals surface area contributed by atoms with Gasteiger partial charge in [0.1, 0.15) is 11.3 Å². The van der Waals surface area contributed by atoms with Crippen LogP contribution in [0.3, 0.4) is 0 Å². The zero-order valence-electron chi connectivity index (χ0n) is 15.3. The highest BCUT2D eigenvalue weighted by Crippen LogP contribution is 2.48. The van der Waals surface area contributed by atoms with Gasteiger partial charge < -0.3 is 10.8 Å². The number of hydrogen-bond acceptors (Lipinski definition) is 4. The van der Waals surface area contributed by atoms with E-state index in [2.05, 4.69) is 15.2 Å². The van der Waals surface area contributed by atoms with Crippen molar-refractivity contribution in [1.82, 2.24) is 14.6 Å². The molecule has 7 nitrogen and oxygen atoms in total. The molecule has 0 spiro atoms. The second-order valence-electron chi connectivity index (χ2n) is 7.45. The number of rotatable bonds is 4. The number of amides is 1. The highest BCUT2D eigenvalue weighted by Gasteiger charge is 2.55. The summed E-state index contributed by atoms with van der Waals surface area (Å²) in [5, 5.41) is 18.9. The summed E-state index contributed by atoms with van der Waals surface area (Å²) in [4.78, 5) is 17.1. The molecule has 1 amide bonds. The monoisotopic (exact) mass is 363 g/mol. The number of fused-ring (bicyclic) bond motifs is 1. The number of aliphatic hydroxyl groups is 1. The molecule has 0 bridgehead atoms. The minimum Gasteiger partial charge on any atom is -0.386 e. The maximum atomic E-state index is 12.9. The molecule has 3 aromatic rings. The van der Waals surface area contributed by atoms with Gasteiger partial charge in [0.05, 0.1) is 5.60 Å². The van der Waals surface area contributed by atoms with Gasteiger partial charge in [-0.1, -0.05) is 36.4 Å². The fourth-order valence-electron chi connectivity index (χ4n) is 3.27. The van der Waals surface area contributed by atoms with Crippen LogP contribution in [0, 0.1) is 0 Å². The van der Waals surface area contributed by atoms with Crippen molar-refractivity contribution in [2.75, 3.05) is 0 Å². The van der Waals surface area contributed by atoms with Crippen molar-refractivity contribution >= 4 is 17.4 Å². The van der Waals surface area contributed by atoms with Crippen LogP contribution in [0.1, 0.15) is 43.6 Å². The third-order valence-corrected chi connectivity index (χ3v) is 4.97. The number of carbonyl (C=O) groups excluding carboxylic acids is 1. The van der Waals surface area contributed by atoms with Crippen molar-refractivity contribution < 1.29 is 9.90 Å². The summed E-state index contributed by atoms with van der Waals surface area (Å²) in [6.45, 7) is 3.39. The lowest BCUT2D eigenvalue weighted by Crippen LogP contribution is -2.25. The van der Waals surface area contributed by atoms with E-state index in [9.17, 15) is 9.90 Å². The van der Waals surface area contributed by atoms with Gasteiger partial charge in [-0.25, -0.2) is 0 Å². The Labute approximate surface area is 156 Å². The number of carbonyl (C=O) groups is 1. The van der Waals surface area contributed by atoms with Gasteiger partial charge in [-0.2, -0.15) is 4.99 Å². The van der Waals surface area contributed by atoms with E-state index in [0.29, 0.717) is 35.4 Å². The molecular weight excluding hydrogens is 342 g/mol. The predicted molar refractivity (Wildman–Crippen MR) is 101 cm³/mol. The lowest BCUT2D eigenvalue weighted by molar-refractivity contribution is -0.120. The fourth-order valence-corrected chi connectivity index (χ4v) is 3.27.